The smallest absolute Gasteiger partial charge is 0.154 e. The van der Waals surface area contributed by atoms with Crippen LogP contribution >= 0.6 is 0 Å². The van der Waals surface area contributed by atoms with Gasteiger partial charge in [-0.15, -0.1) is 0 Å². The van der Waals surface area contributed by atoms with Crippen molar-refractivity contribution in [1.29, 1.82) is 0 Å². The Balaban J connectivity index is 4.17. The molecular weight excluding hydrogens is 198 g/mol. The first-order valence-corrected chi connectivity index (χ1v) is 7.14. The van der Waals surface area contributed by atoms with E-state index in [9.17, 15) is 8.42 Å². The predicted molar refractivity (Wildman–Crippen MR) is 61.0 cm³/mol. The fourth-order valence-corrected chi connectivity index (χ4v) is 3.04. The predicted octanol–water partition coefficient (Wildman–Crippen LogP) is 1.72. The molecule has 0 saturated carbocycles. The van der Waals surface area contributed by atoms with Crippen LogP contribution in [0.1, 0.15) is 46.5 Å². The van der Waals surface area contributed by atoms with Crippen LogP contribution in [0.2, 0.25) is 0 Å². The number of unbranched alkanes of at least 4 members (excludes halogenated alkanes) is 2. The molecule has 2 N–H and O–H groups in total. The fraction of sp³-hybridized carbons (Fsp3) is 1.00. The second-order valence-corrected chi connectivity index (χ2v) is 6.33. The molecule has 0 aromatic carbocycles. The largest absolute Gasteiger partial charge is 0.327 e. The lowest BCUT2D eigenvalue weighted by atomic mass is 10.2. The molecule has 2 atom stereocenters. The number of sulfone groups is 1. The van der Waals surface area contributed by atoms with Crippen molar-refractivity contribution < 1.29 is 8.42 Å². The van der Waals surface area contributed by atoms with Crippen LogP contribution in [0.15, 0.2) is 0 Å². The lowest BCUT2D eigenvalue weighted by molar-refractivity contribution is 0.548. The minimum Gasteiger partial charge on any atom is -0.327 e. The van der Waals surface area contributed by atoms with Crippen molar-refractivity contribution in [3.05, 3.63) is 0 Å². The summed E-state index contributed by atoms with van der Waals surface area (Å²) >= 11 is 0. The lowest BCUT2D eigenvalue weighted by Gasteiger charge is -2.18. The maximum Gasteiger partial charge on any atom is 0.154 e. The summed E-state index contributed by atoms with van der Waals surface area (Å²) in [6.45, 7) is 5.70. The molecule has 0 saturated heterocycles. The Labute approximate surface area is 88.0 Å². The maximum atomic E-state index is 11.7. The average molecular weight is 221 g/mol. The van der Waals surface area contributed by atoms with E-state index in [0.29, 0.717) is 6.42 Å². The normalized spacial score (nSPS) is 16.6. The van der Waals surface area contributed by atoms with Crippen molar-refractivity contribution >= 4 is 9.84 Å². The molecular formula is C10H23NO2S. The Kier molecular flexibility index (Phi) is 6.36. The van der Waals surface area contributed by atoms with Crippen LogP contribution in [0.4, 0.5) is 0 Å². The summed E-state index contributed by atoms with van der Waals surface area (Å²) in [5.74, 6) is 0.287. The second kappa shape index (κ2) is 6.40. The number of hydrogen-bond donors (Lipinski definition) is 1. The van der Waals surface area contributed by atoms with E-state index in [1.165, 1.54) is 0 Å². The highest BCUT2D eigenvalue weighted by Gasteiger charge is 2.24. The van der Waals surface area contributed by atoms with E-state index < -0.39 is 15.1 Å². The Hall–Kier alpha value is -0.0900. The number of hydrogen-bond acceptors (Lipinski definition) is 3. The molecule has 0 radical (unpaired) electrons. The van der Waals surface area contributed by atoms with Gasteiger partial charge in [0.2, 0.25) is 0 Å². The summed E-state index contributed by atoms with van der Waals surface area (Å²) in [5, 5.41) is -0.399. The van der Waals surface area contributed by atoms with Gasteiger partial charge in [0.05, 0.1) is 11.0 Å². The Morgan fingerprint density at radius 3 is 2.21 bits per heavy atom. The van der Waals surface area contributed by atoms with Gasteiger partial charge in [0.15, 0.2) is 9.84 Å². The van der Waals surface area contributed by atoms with Gasteiger partial charge in [-0.3, -0.25) is 0 Å². The molecule has 86 valence electrons. The lowest BCUT2D eigenvalue weighted by Crippen LogP contribution is -2.38. The van der Waals surface area contributed by atoms with Crippen molar-refractivity contribution in [2.24, 2.45) is 5.73 Å². The third-order valence-electron chi connectivity index (χ3n) is 2.67. The molecule has 4 heteroatoms. The van der Waals surface area contributed by atoms with Gasteiger partial charge in [0.25, 0.3) is 0 Å². The summed E-state index contributed by atoms with van der Waals surface area (Å²) in [5.41, 5.74) is 5.73. The van der Waals surface area contributed by atoms with Crippen LogP contribution < -0.4 is 5.73 Å². The summed E-state index contributed by atoms with van der Waals surface area (Å²) in [4.78, 5) is 0. The maximum absolute atomic E-state index is 11.7. The third kappa shape index (κ3) is 4.42. The van der Waals surface area contributed by atoms with Gasteiger partial charge in [-0.05, 0) is 19.8 Å². The van der Waals surface area contributed by atoms with Gasteiger partial charge >= 0.3 is 0 Å². The second-order valence-electron chi connectivity index (χ2n) is 3.85. The minimum atomic E-state index is -2.97. The molecule has 0 aliphatic heterocycles. The van der Waals surface area contributed by atoms with Crippen molar-refractivity contribution in [1.82, 2.24) is 0 Å². The molecule has 0 rings (SSSR count). The van der Waals surface area contributed by atoms with Gasteiger partial charge in [-0.1, -0.05) is 26.7 Å². The summed E-state index contributed by atoms with van der Waals surface area (Å²) in [6, 6.07) is -0.221. The highest BCUT2D eigenvalue weighted by molar-refractivity contribution is 7.92. The van der Waals surface area contributed by atoms with Gasteiger partial charge in [0, 0.05) is 6.04 Å². The molecule has 0 aliphatic rings. The molecule has 0 heterocycles. The molecule has 0 fully saturated rings. The molecule has 0 aliphatic carbocycles. The van der Waals surface area contributed by atoms with E-state index in [0.717, 1.165) is 19.3 Å². The standard InChI is InChI=1S/C10H23NO2S/c1-4-6-7-8-14(12,13)9(3)10(11)5-2/h9-10H,4-8,11H2,1-3H3. The Morgan fingerprint density at radius 1 is 1.21 bits per heavy atom. The zero-order valence-electron chi connectivity index (χ0n) is 9.49. The summed E-state index contributed by atoms with van der Waals surface area (Å²) < 4.78 is 23.5. The molecule has 0 aromatic heterocycles. The number of rotatable bonds is 7. The molecule has 3 nitrogen and oxygen atoms in total. The SMILES string of the molecule is CCCCCS(=O)(=O)C(C)C(N)CC. The van der Waals surface area contributed by atoms with E-state index in [1.807, 2.05) is 6.92 Å². The average Bonchev–Trinajstić information content (AvgIpc) is 2.15. The van der Waals surface area contributed by atoms with Crippen LogP contribution in [0.25, 0.3) is 0 Å². The van der Waals surface area contributed by atoms with Crippen molar-refractivity contribution in [2.45, 2.75) is 57.7 Å². The van der Waals surface area contributed by atoms with Crippen LogP contribution in [-0.2, 0) is 9.84 Å². The molecule has 0 bridgehead atoms. The third-order valence-corrected chi connectivity index (χ3v) is 5.01. The monoisotopic (exact) mass is 221 g/mol. The van der Waals surface area contributed by atoms with E-state index in [1.54, 1.807) is 6.92 Å². The first-order chi connectivity index (χ1) is 6.45. The highest BCUT2D eigenvalue weighted by Crippen LogP contribution is 2.10. The van der Waals surface area contributed by atoms with E-state index >= 15 is 0 Å². The van der Waals surface area contributed by atoms with Gasteiger partial charge in [0.1, 0.15) is 0 Å². The highest BCUT2D eigenvalue weighted by atomic mass is 32.2. The molecule has 0 spiro atoms. The van der Waals surface area contributed by atoms with Gasteiger partial charge in [-0.25, -0.2) is 8.42 Å². The minimum absolute atomic E-state index is 0.221. The quantitative estimate of drug-likeness (QED) is 0.666. The van der Waals surface area contributed by atoms with Crippen molar-refractivity contribution in [3.8, 4) is 0 Å². The fourth-order valence-electron chi connectivity index (χ4n) is 1.34. The molecule has 14 heavy (non-hydrogen) atoms. The van der Waals surface area contributed by atoms with E-state index in [-0.39, 0.29) is 11.8 Å². The zero-order valence-corrected chi connectivity index (χ0v) is 10.3. The van der Waals surface area contributed by atoms with Crippen LogP contribution in [0.5, 0.6) is 0 Å². The van der Waals surface area contributed by atoms with Gasteiger partial charge < -0.3 is 5.73 Å². The number of nitrogens with two attached hydrogens (primary N) is 1. The Morgan fingerprint density at radius 2 is 1.79 bits per heavy atom. The van der Waals surface area contributed by atoms with Crippen molar-refractivity contribution in [3.63, 3.8) is 0 Å². The molecule has 0 amide bonds. The van der Waals surface area contributed by atoms with Crippen molar-refractivity contribution in [2.75, 3.05) is 5.75 Å². The summed E-state index contributed by atoms with van der Waals surface area (Å²) in [7, 11) is -2.97. The summed E-state index contributed by atoms with van der Waals surface area (Å²) in [6.07, 6.45) is 3.50. The van der Waals surface area contributed by atoms with E-state index in [2.05, 4.69) is 6.92 Å². The molecule has 0 aromatic rings. The van der Waals surface area contributed by atoms with E-state index in [4.69, 9.17) is 5.73 Å². The Bertz CT molecular complexity index is 237. The first kappa shape index (κ1) is 13.9. The van der Waals surface area contributed by atoms with Gasteiger partial charge in [-0.2, -0.15) is 0 Å². The topological polar surface area (TPSA) is 60.2 Å². The zero-order chi connectivity index (χ0) is 11.2. The van der Waals surface area contributed by atoms with Crippen LogP contribution in [0.3, 0.4) is 0 Å². The van der Waals surface area contributed by atoms with Crippen LogP contribution in [-0.4, -0.2) is 25.5 Å². The van der Waals surface area contributed by atoms with Crippen LogP contribution in [0, 0.1) is 0 Å². The first-order valence-electron chi connectivity index (χ1n) is 5.42. The molecule has 2 unspecified atom stereocenters.